The van der Waals surface area contributed by atoms with Crippen molar-refractivity contribution in [2.75, 3.05) is 10.6 Å². The maximum atomic E-state index is 12.0. The molecule has 2 heterocycles. The van der Waals surface area contributed by atoms with Gasteiger partial charge in [-0.05, 0) is 36.8 Å². The Morgan fingerprint density at radius 3 is 2.58 bits per heavy atom. The molecule has 3 rings (SSSR count). The molecular formula is C17H16ClN5O3. The van der Waals surface area contributed by atoms with Crippen LogP contribution in [0.3, 0.4) is 0 Å². The molecule has 1 aromatic carbocycles. The number of nitrogens with zero attached hydrogens (tertiary/aromatic N) is 1. The topological polar surface area (TPSA) is 120 Å². The van der Waals surface area contributed by atoms with Gasteiger partial charge in [-0.2, -0.15) is 0 Å². The van der Waals surface area contributed by atoms with E-state index in [9.17, 15) is 14.4 Å². The Balaban J connectivity index is 1.55. The van der Waals surface area contributed by atoms with E-state index in [1.165, 1.54) is 0 Å². The van der Waals surface area contributed by atoms with E-state index in [0.717, 1.165) is 5.56 Å². The van der Waals surface area contributed by atoms with Crippen molar-refractivity contribution in [2.45, 2.75) is 19.8 Å². The number of imidazole rings is 1. The van der Waals surface area contributed by atoms with Crippen LogP contribution < -0.4 is 16.3 Å². The molecule has 0 fully saturated rings. The Bertz CT molecular complexity index is 1040. The van der Waals surface area contributed by atoms with Crippen LogP contribution in [0.25, 0.3) is 11.2 Å². The van der Waals surface area contributed by atoms with E-state index >= 15 is 0 Å². The number of carbonyl (C=O) groups excluding carboxylic acids is 2. The van der Waals surface area contributed by atoms with Gasteiger partial charge < -0.3 is 15.6 Å². The number of carbonyl (C=O) groups is 2. The summed E-state index contributed by atoms with van der Waals surface area (Å²) in [7, 11) is 0. The molecule has 0 radical (unpaired) electrons. The molecule has 0 atom stereocenters. The molecule has 9 heteroatoms. The second-order valence-electron chi connectivity index (χ2n) is 5.68. The van der Waals surface area contributed by atoms with Gasteiger partial charge in [0.15, 0.2) is 5.65 Å². The standard InChI is InChI=1S/C17H16ClN5O3/c1-9-10(18)3-2-4-11(9)19-14(24)7-8-15(25)21-13-6-5-12-16(22-13)23-17(26)20-12/h2-6H,7-8H2,1H3,(H,19,24)(H3,20,21,22,23,25,26). The van der Waals surface area contributed by atoms with Gasteiger partial charge in [-0.3, -0.25) is 14.6 Å². The van der Waals surface area contributed by atoms with E-state index in [1.54, 1.807) is 37.3 Å². The summed E-state index contributed by atoms with van der Waals surface area (Å²) in [6.07, 6.45) is 0.00976. The molecule has 134 valence electrons. The van der Waals surface area contributed by atoms with Crippen molar-refractivity contribution in [3.8, 4) is 0 Å². The number of anilines is 2. The molecule has 0 saturated heterocycles. The number of halogens is 1. The minimum absolute atomic E-state index is 0.00514. The highest BCUT2D eigenvalue weighted by Gasteiger charge is 2.11. The summed E-state index contributed by atoms with van der Waals surface area (Å²) in [4.78, 5) is 44.4. The predicted molar refractivity (Wildman–Crippen MR) is 99.4 cm³/mol. The number of pyridine rings is 1. The molecule has 3 aromatic rings. The lowest BCUT2D eigenvalue weighted by Crippen LogP contribution is -2.18. The normalized spacial score (nSPS) is 10.7. The van der Waals surface area contributed by atoms with Gasteiger partial charge in [0.05, 0.1) is 5.52 Å². The average molecular weight is 374 g/mol. The van der Waals surface area contributed by atoms with Gasteiger partial charge in [0.1, 0.15) is 5.82 Å². The van der Waals surface area contributed by atoms with Crippen LogP contribution in [0.2, 0.25) is 5.02 Å². The van der Waals surface area contributed by atoms with Crippen molar-refractivity contribution in [2.24, 2.45) is 0 Å². The van der Waals surface area contributed by atoms with E-state index in [1.807, 2.05) is 0 Å². The second kappa shape index (κ2) is 7.40. The third kappa shape index (κ3) is 4.09. The fourth-order valence-corrected chi connectivity index (χ4v) is 2.55. The van der Waals surface area contributed by atoms with Crippen molar-refractivity contribution in [1.82, 2.24) is 15.0 Å². The molecule has 4 N–H and O–H groups in total. The van der Waals surface area contributed by atoms with Crippen LogP contribution in [0.5, 0.6) is 0 Å². The maximum absolute atomic E-state index is 12.0. The summed E-state index contributed by atoms with van der Waals surface area (Å²) in [5.41, 5.74) is 1.91. The van der Waals surface area contributed by atoms with Crippen LogP contribution in [-0.4, -0.2) is 26.8 Å². The SMILES string of the molecule is Cc1c(Cl)cccc1NC(=O)CCC(=O)Nc1ccc2[nH]c(=O)[nH]c2n1. The first-order valence-electron chi connectivity index (χ1n) is 7.86. The number of aromatic nitrogens is 3. The van der Waals surface area contributed by atoms with Crippen LogP contribution in [0, 0.1) is 6.92 Å². The molecule has 2 aromatic heterocycles. The molecule has 26 heavy (non-hydrogen) atoms. The maximum Gasteiger partial charge on any atom is 0.325 e. The Morgan fingerprint density at radius 2 is 1.81 bits per heavy atom. The van der Waals surface area contributed by atoms with Crippen LogP contribution in [0.15, 0.2) is 35.1 Å². The average Bonchev–Trinajstić information content (AvgIpc) is 2.96. The van der Waals surface area contributed by atoms with Crippen LogP contribution in [-0.2, 0) is 9.59 Å². The van der Waals surface area contributed by atoms with E-state index < -0.39 is 0 Å². The highest BCUT2D eigenvalue weighted by Crippen LogP contribution is 2.23. The molecule has 0 unspecified atom stereocenters. The minimum Gasteiger partial charge on any atom is -0.326 e. The van der Waals surface area contributed by atoms with Gasteiger partial charge in [0, 0.05) is 23.6 Å². The van der Waals surface area contributed by atoms with Gasteiger partial charge in [-0.15, -0.1) is 0 Å². The third-order valence-electron chi connectivity index (χ3n) is 3.76. The Labute approximate surface area is 153 Å². The second-order valence-corrected chi connectivity index (χ2v) is 6.09. The van der Waals surface area contributed by atoms with Gasteiger partial charge in [0.25, 0.3) is 0 Å². The zero-order chi connectivity index (χ0) is 18.7. The lowest BCUT2D eigenvalue weighted by Gasteiger charge is -2.09. The summed E-state index contributed by atoms with van der Waals surface area (Å²) in [6, 6.07) is 8.42. The number of aromatic amines is 2. The molecule has 0 bridgehead atoms. The summed E-state index contributed by atoms with van der Waals surface area (Å²) < 4.78 is 0. The monoisotopic (exact) mass is 373 g/mol. The molecule has 2 amide bonds. The first-order chi connectivity index (χ1) is 12.4. The molecule has 0 aliphatic rings. The third-order valence-corrected chi connectivity index (χ3v) is 4.17. The highest BCUT2D eigenvalue weighted by molar-refractivity contribution is 6.31. The van der Waals surface area contributed by atoms with Crippen LogP contribution in [0.1, 0.15) is 18.4 Å². The van der Waals surface area contributed by atoms with E-state index in [2.05, 4.69) is 25.6 Å². The molecule has 0 aliphatic carbocycles. The first-order valence-corrected chi connectivity index (χ1v) is 8.24. The fraction of sp³-hybridized carbons (Fsp3) is 0.176. The Hall–Kier alpha value is -3.13. The largest absolute Gasteiger partial charge is 0.326 e. The van der Waals surface area contributed by atoms with E-state index in [0.29, 0.717) is 27.7 Å². The van der Waals surface area contributed by atoms with Gasteiger partial charge in [-0.25, -0.2) is 9.78 Å². The molecule has 0 saturated carbocycles. The number of benzene rings is 1. The number of fused-ring (bicyclic) bond motifs is 1. The summed E-state index contributed by atoms with van der Waals surface area (Å²) in [5, 5.41) is 5.89. The molecular weight excluding hydrogens is 358 g/mol. The van der Waals surface area contributed by atoms with Crippen LogP contribution in [0.4, 0.5) is 11.5 Å². The molecule has 8 nitrogen and oxygen atoms in total. The van der Waals surface area contributed by atoms with Crippen molar-refractivity contribution in [3.05, 3.63) is 51.4 Å². The minimum atomic E-state index is -0.371. The molecule has 0 spiro atoms. The molecule has 0 aliphatic heterocycles. The number of hydrogen-bond donors (Lipinski definition) is 4. The zero-order valence-electron chi connectivity index (χ0n) is 13.9. The number of H-pyrrole nitrogens is 2. The predicted octanol–water partition coefficient (Wildman–Crippen LogP) is 2.57. The first kappa shape index (κ1) is 17.7. The van der Waals surface area contributed by atoms with Gasteiger partial charge in [0.2, 0.25) is 11.8 Å². The van der Waals surface area contributed by atoms with Gasteiger partial charge in [-0.1, -0.05) is 17.7 Å². The summed E-state index contributed by atoms with van der Waals surface area (Å²) in [5.74, 6) is -0.347. The Kier molecular flexibility index (Phi) is 5.04. The number of rotatable bonds is 5. The smallest absolute Gasteiger partial charge is 0.325 e. The lowest BCUT2D eigenvalue weighted by atomic mass is 10.2. The number of hydrogen-bond acceptors (Lipinski definition) is 4. The van der Waals surface area contributed by atoms with Crippen molar-refractivity contribution in [3.63, 3.8) is 0 Å². The van der Waals surface area contributed by atoms with Gasteiger partial charge >= 0.3 is 5.69 Å². The fourth-order valence-electron chi connectivity index (χ4n) is 2.37. The summed E-state index contributed by atoms with van der Waals surface area (Å²) >= 11 is 6.01. The number of nitrogens with one attached hydrogen (secondary N) is 4. The van der Waals surface area contributed by atoms with Crippen molar-refractivity contribution < 1.29 is 9.59 Å². The quantitative estimate of drug-likeness (QED) is 0.549. The highest BCUT2D eigenvalue weighted by atomic mass is 35.5. The Morgan fingerprint density at radius 1 is 1.08 bits per heavy atom. The zero-order valence-corrected chi connectivity index (χ0v) is 14.6. The number of amides is 2. The van der Waals surface area contributed by atoms with Crippen molar-refractivity contribution >= 4 is 46.1 Å². The lowest BCUT2D eigenvalue weighted by molar-refractivity contribution is -0.121. The van der Waals surface area contributed by atoms with E-state index in [4.69, 9.17) is 11.6 Å². The van der Waals surface area contributed by atoms with Crippen LogP contribution >= 0.6 is 11.6 Å². The van der Waals surface area contributed by atoms with Crippen molar-refractivity contribution in [1.29, 1.82) is 0 Å². The van der Waals surface area contributed by atoms with E-state index in [-0.39, 0.29) is 30.3 Å². The summed E-state index contributed by atoms with van der Waals surface area (Å²) in [6.45, 7) is 1.80.